The summed E-state index contributed by atoms with van der Waals surface area (Å²) in [4.78, 5) is 2.41. The van der Waals surface area contributed by atoms with E-state index in [4.69, 9.17) is 10.2 Å². The summed E-state index contributed by atoms with van der Waals surface area (Å²) in [6.07, 6.45) is 0. The van der Waals surface area contributed by atoms with Crippen molar-refractivity contribution in [3.05, 3.63) is 17.1 Å². The summed E-state index contributed by atoms with van der Waals surface area (Å²) in [7, 11) is -1.53. The molecule has 1 unspecified atom stereocenters. The molecule has 0 radical (unpaired) electrons. The molecule has 114 valence electrons. The van der Waals surface area contributed by atoms with Crippen molar-refractivity contribution in [2.75, 3.05) is 26.7 Å². The van der Waals surface area contributed by atoms with Gasteiger partial charge >= 0.3 is 0 Å². The van der Waals surface area contributed by atoms with Gasteiger partial charge in [-0.3, -0.25) is 0 Å². The van der Waals surface area contributed by atoms with E-state index in [1.165, 1.54) is 4.31 Å². The zero-order valence-electron chi connectivity index (χ0n) is 12.5. The Morgan fingerprint density at radius 2 is 1.95 bits per heavy atom. The first-order chi connectivity index (χ1) is 9.28. The molecule has 0 aliphatic carbocycles. The van der Waals surface area contributed by atoms with Gasteiger partial charge in [0.05, 0.1) is 0 Å². The van der Waals surface area contributed by atoms with Crippen LogP contribution in [0.5, 0.6) is 0 Å². The fourth-order valence-corrected chi connectivity index (χ4v) is 4.58. The van der Waals surface area contributed by atoms with Crippen LogP contribution >= 0.6 is 0 Å². The van der Waals surface area contributed by atoms with Crippen molar-refractivity contribution >= 4 is 10.0 Å². The minimum absolute atomic E-state index is 0.168. The molecule has 0 spiro atoms. The van der Waals surface area contributed by atoms with Crippen LogP contribution in [0, 0.1) is 13.8 Å². The second kappa shape index (κ2) is 5.48. The van der Waals surface area contributed by atoms with Crippen LogP contribution in [0.2, 0.25) is 0 Å². The minimum atomic E-state index is -3.54. The number of rotatable bonds is 3. The summed E-state index contributed by atoms with van der Waals surface area (Å²) < 4.78 is 32.7. The number of piperazine rings is 1. The molecule has 2 rings (SSSR count). The second-order valence-corrected chi connectivity index (χ2v) is 7.29. The maximum Gasteiger partial charge on any atom is 0.246 e. The molecule has 1 aliphatic rings. The lowest BCUT2D eigenvalue weighted by molar-refractivity contribution is 0.159. The predicted molar refractivity (Wildman–Crippen MR) is 76.9 cm³/mol. The highest BCUT2D eigenvalue weighted by Gasteiger charge is 2.35. The van der Waals surface area contributed by atoms with E-state index in [0.29, 0.717) is 30.2 Å². The van der Waals surface area contributed by atoms with Crippen LogP contribution in [0.15, 0.2) is 9.31 Å². The van der Waals surface area contributed by atoms with Crippen LogP contribution in [-0.4, -0.2) is 50.3 Å². The van der Waals surface area contributed by atoms with Gasteiger partial charge in [0.1, 0.15) is 16.4 Å². The Morgan fingerprint density at radius 3 is 2.50 bits per heavy atom. The zero-order chi connectivity index (χ0) is 15.1. The van der Waals surface area contributed by atoms with Crippen LogP contribution in [0.3, 0.4) is 0 Å². The lowest BCUT2D eigenvalue weighted by atomic mass is 10.2. The molecule has 1 aliphatic heterocycles. The van der Waals surface area contributed by atoms with Crippen molar-refractivity contribution in [2.24, 2.45) is 5.73 Å². The minimum Gasteiger partial charge on any atom is -0.465 e. The van der Waals surface area contributed by atoms with Crippen molar-refractivity contribution in [1.82, 2.24) is 9.21 Å². The molecule has 0 aromatic carbocycles. The van der Waals surface area contributed by atoms with Crippen molar-refractivity contribution in [2.45, 2.75) is 38.3 Å². The largest absolute Gasteiger partial charge is 0.465 e. The van der Waals surface area contributed by atoms with Gasteiger partial charge in [-0.2, -0.15) is 4.31 Å². The maximum absolute atomic E-state index is 12.8. The molecule has 0 saturated carbocycles. The molecule has 0 amide bonds. The van der Waals surface area contributed by atoms with Gasteiger partial charge in [-0.05, 0) is 27.8 Å². The molecule has 1 atom stereocenters. The number of furan rings is 1. The van der Waals surface area contributed by atoms with Crippen LogP contribution in [-0.2, 0) is 16.6 Å². The van der Waals surface area contributed by atoms with Gasteiger partial charge in [0.2, 0.25) is 10.0 Å². The van der Waals surface area contributed by atoms with E-state index in [9.17, 15) is 8.42 Å². The third-order valence-corrected chi connectivity index (χ3v) is 6.11. The first-order valence-corrected chi connectivity index (χ1v) is 8.22. The third-order valence-electron chi connectivity index (χ3n) is 4.05. The van der Waals surface area contributed by atoms with E-state index >= 15 is 0 Å². The Bertz CT molecular complexity index is 594. The van der Waals surface area contributed by atoms with Crippen molar-refractivity contribution in [1.29, 1.82) is 0 Å². The average molecular weight is 301 g/mol. The second-order valence-electron chi connectivity index (χ2n) is 5.42. The number of hydrogen-bond acceptors (Lipinski definition) is 5. The van der Waals surface area contributed by atoms with Crippen LogP contribution in [0.1, 0.15) is 24.0 Å². The Balaban J connectivity index is 2.41. The third kappa shape index (κ3) is 2.50. The van der Waals surface area contributed by atoms with E-state index in [-0.39, 0.29) is 17.5 Å². The van der Waals surface area contributed by atoms with Crippen LogP contribution in [0.25, 0.3) is 0 Å². The van der Waals surface area contributed by atoms with Gasteiger partial charge in [0, 0.05) is 37.8 Å². The Hall–Kier alpha value is -0.890. The van der Waals surface area contributed by atoms with Gasteiger partial charge in [0.25, 0.3) is 0 Å². The summed E-state index contributed by atoms with van der Waals surface area (Å²) in [5.41, 5.74) is 6.28. The van der Waals surface area contributed by atoms with E-state index in [1.807, 2.05) is 14.0 Å². The number of nitrogens with two attached hydrogens (primary N) is 1. The molecule has 0 bridgehead atoms. The van der Waals surface area contributed by atoms with E-state index in [1.54, 1.807) is 13.8 Å². The topological polar surface area (TPSA) is 79.8 Å². The quantitative estimate of drug-likeness (QED) is 0.888. The fraction of sp³-hybridized carbons (Fsp3) is 0.692. The number of likely N-dealkylation sites (N-methyl/N-ethyl adjacent to an activating group) is 1. The number of nitrogens with zero attached hydrogens (tertiary/aromatic N) is 2. The molecule has 20 heavy (non-hydrogen) atoms. The van der Waals surface area contributed by atoms with Gasteiger partial charge in [-0.25, -0.2) is 8.42 Å². The van der Waals surface area contributed by atoms with Gasteiger partial charge in [-0.15, -0.1) is 0 Å². The van der Waals surface area contributed by atoms with Crippen molar-refractivity contribution in [3.63, 3.8) is 0 Å². The molecule has 1 saturated heterocycles. The predicted octanol–water partition coefficient (Wildman–Crippen LogP) is 0.680. The SMILES string of the molecule is Cc1oc(C)c(S(=O)(=O)N2CCN(C)C(C)C2)c1CN. The van der Waals surface area contributed by atoms with Crippen LogP contribution in [0.4, 0.5) is 0 Å². The Labute approximate surface area is 120 Å². The highest BCUT2D eigenvalue weighted by Crippen LogP contribution is 2.29. The summed E-state index contributed by atoms with van der Waals surface area (Å²) in [5.74, 6) is 1.01. The summed E-state index contributed by atoms with van der Waals surface area (Å²) >= 11 is 0. The molecule has 1 aromatic rings. The maximum atomic E-state index is 12.8. The highest BCUT2D eigenvalue weighted by atomic mass is 32.2. The lowest BCUT2D eigenvalue weighted by Gasteiger charge is -2.36. The summed E-state index contributed by atoms with van der Waals surface area (Å²) in [6.45, 7) is 7.34. The first kappa shape index (κ1) is 15.5. The molecular formula is C13H23N3O3S. The van der Waals surface area contributed by atoms with E-state index in [0.717, 1.165) is 6.54 Å². The van der Waals surface area contributed by atoms with Crippen molar-refractivity contribution < 1.29 is 12.8 Å². The molecule has 1 aromatic heterocycles. The lowest BCUT2D eigenvalue weighted by Crippen LogP contribution is -2.52. The van der Waals surface area contributed by atoms with E-state index in [2.05, 4.69) is 4.90 Å². The summed E-state index contributed by atoms with van der Waals surface area (Å²) in [5, 5.41) is 0. The normalized spacial score (nSPS) is 22.4. The summed E-state index contributed by atoms with van der Waals surface area (Å²) in [6, 6.07) is 0.202. The number of sulfonamides is 1. The number of aryl methyl sites for hydroxylation is 2. The monoisotopic (exact) mass is 301 g/mol. The van der Waals surface area contributed by atoms with Gasteiger partial charge in [0.15, 0.2) is 0 Å². The number of hydrogen-bond donors (Lipinski definition) is 1. The molecule has 2 heterocycles. The smallest absolute Gasteiger partial charge is 0.246 e. The Morgan fingerprint density at radius 1 is 1.30 bits per heavy atom. The van der Waals surface area contributed by atoms with E-state index < -0.39 is 10.0 Å². The fourth-order valence-electron chi connectivity index (χ4n) is 2.65. The molecule has 2 N–H and O–H groups in total. The molecule has 7 heteroatoms. The standard InChI is InChI=1S/C13H23N3O3S/c1-9-8-16(6-5-15(9)4)20(17,18)13-11(3)19-10(2)12(13)7-14/h9H,5-8,14H2,1-4H3. The molecule has 6 nitrogen and oxygen atoms in total. The Kier molecular flexibility index (Phi) is 4.24. The van der Waals surface area contributed by atoms with Crippen molar-refractivity contribution in [3.8, 4) is 0 Å². The van der Waals surface area contributed by atoms with Gasteiger partial charge in [-0.1, -0.05) is 0 Å². The van der Waals surface area contributed by atoms with Crippen LogP contribution < -0.4 is 5.73 Å². The van der Waals surface area contributed by atoms with Gasteiger partial charge < -0.3 is 15.1 Å². The average Bonchev–Trinajstić information content (AvgIpc) is 2.67. The first-order valence-electron chi connectivity index (χ1n) is 6.78. The zero-order valence-corrected chi connectivity index (χ0v) is 13.3. The highest BCUT2D eigenvalue weighted by molar-refractivity contribution is 7.89. The molecular weight excluding hydrogens is 278 g/mol. The molecule has 1 fully saturated rings.